The molecule has 0 aliphatic heterocycles. The number of benzene rings is 2. The van der Waals surface area contributed by atoms with Crippen LogP contribution in [0.25, 0.3) is 11.3 Å². The second-order valence-electron chi connectivity index (χ2n) is 6.06. The molecule has 3 aromatic rings. The van der Waals surface area contributed by atoms with E-state index in [1.165, 1.54) is 0 Å². The van der Waals surface area contributed by atoms with E-state index in [1.807, 2.05) is 62.4 Å². The van der Waals surface area contributed by atoms with Crippen molar-refractivity contribution in [1.29, 1.82) is 0 Å². The SMILES string of the molecule is CCOC(=O)c1sc(NC(=O)c2cc(C)ccc2C)nc1-c1ccccc1. The van der Waals surface area contributed by atoms with Gasteiger partial charge in [-0.05, 0) is 32.4 Å². The number of thiazole rings is 1. The van der Waals surface area contributed by atoms with E-state index in [2.05, 4.69) is 10.3 Å². The van der Waals surface area contributed by atoms with Gasteiger partial charge in [-0.2, -0.15) is 0 Å². The minimum Gasteiger partial charge on any atom is -0.462 e. The van der Waals surface area contributed by atoms with Gasteiger partial charge in [-0.1, -0.05) is 59.4 Å². The average molecular weight is 380 g/mol. The second kappa shape index (κ2) is 8.14. The zero-order valence-corrected chi connectivity index (χ0v) is 16.2. The third kappa shape index (κ3) is 4.23. The first-order valence-corrected chi connectivity index (χ1v) is 9.43. The van der Waals surface area contributed by atoms with Crippen LogP contribution in [0.2, 0.25) is 0 Å². The van der Waals surface area contributed by atoms with Crippen LogP contribution in [0.4, 0.5) is 5.13 Å². The zero-order chi connectivity index (χ0) is 19.4. The van der Waals surface area contributed by atoms with Crippen LogP contribution in [-0.4, -0.2) is 23.5 Å². The molecule has 3 rings (SSSR count). The Hall–Kier alpha value is -2.99. The molecular formula is C21H20N2O3S. The lowest BCUT2D eigenvalue weighted by Crippen LogP contribution is -2.13. The van der Waals surface area contributed by atoms with E-state index < -0.39 is 5.97 Å². The summed E-state index contributed by atoms with van der Waals surface area (Å²) in [6.45, 7) is 5.85. The molecule has 0 radical (unpaired) electrons. The van der Waals surface area contributed by atoms with E-state index in [1.54, 1.807) is 6.92 Å². The zero-order valence-electron chi connectivity index (χ0n) is 15.4. The molecule has 1 N–H and O–H groups in total. The van der Waals surface area contributed by atoms with Crippen molar-refractivity contribution in [3.63, 3.8) is 0 Å². The van der Waals surface area contributed by atoms with Gasteiger partial charge in [-0.15, -0.1) is 0 Å². The smallest absolute Gasteiger partial charge is 0.350 e. The molecule has 0 aliphatic carbocycles. The maximum absolute atomic E-state index is 12.7. The Morgan fingerprint density at radius 1 is 1.11 bits per heavy atom. The predicted octanol–water partition coefficient (Wildman–Crippen LogP) is 4.86. The summed E-state index contributed by atoms with van der Waals surface area (Å²) in [5, 5.41) is 3.18. The quantitative estimate of drug-likeness (QED) is 0.642. The first-order chi connectivity index (χ1) is 13.0. The molecule has 27 heavy (non-hydrogen) atoms. The number of nitrogens with one attached hydrogen (secondary N) is 1. The Kier molecular flexibility index (Phi) is 5.66. The van der Waals surface area contributed by atoms with Crippen molar-refractivity contribution in [3.05, 3.63) is 70.1 Å². The third-order valence-corrected chi connectivity index (χ3v) is 4.94. The van der Waals surface area contributed by atoms with Crippen LogP contribution >= 0.6 is 11.3 Å². The summed E-state index contributed by atoms with van der Waals surface area (Å²) in [6, 6.07) is 15.1. The van der Waals surface area contributed by atoms with Crippen molar-refractivity contribution in [2.24, 2.45) is 0 Å². The molecule has 1 heterocycles. The molecule has 1 aromatic heterocycles. The first kappa shape index (κ1) is 18.8. The molecule has 0 unspecified atom stereocenters. The van der Waals surface area contributed by atoms with E-state index in [-0.39, 0.29) is 12.5 Å². The van der Waals surface area contributed by atoms with Crippen LogP contribution in [0.3, 0.4) is 0 Å². The van der Waals surface area contributed by atoms with Crippen molar-refractivity contribution >= 4 is 28.3 Å². The number of aromatic nitrogens is 1. The van der Waals surface area contributed by atoms with Gasteiger partial charge in [-0.3, -0.25) is 10.1 Å². The summed E-state index contributed by atoms with van der Waals surface area (Å²) in [4.78, 5) is 29.9. The number of hydrogen-bond donors (Lipinski definition) is 1. The summed E-state index contributed by atoms with van der Waals surface area (Å²) in [7, 11) is 0. The Morgan fingerprint density at radius 3 is 2.56 bits per heavy atom. The van der Waals surface area contributed by atoms with E-state index >= 15 is 0 Å². The molecule has 5 nitrogen and oxygen atoms in total. The van der Waals surface area contributed by atoms with E-state index in [4.69, 9.17) is 4.74 Å². The largest absolute Gasteiger partial charge is 0.462 e. The van der Waals surface area contributed by atoms with Gasteiger partial charge in [0.15, 0.2) is 5.13 Å². The fourth-order valence-electron chi connectivity index (χ4n) is 2.65. The average Bonchev–Trinajstić information content (AvgIpc) is 3.08. The molecule has 0 saturated carbocycles. The summed E-state index contributed by atoms with van der Waals surface area (Å²) < 4.78 is 5.15. The summed E-state index contributed by atoms with van der Waals surface area (Å²) in [5.41, 5.74) is 3.77. The Bertz CT molecular complexity index is 980. The van der Waals surface area contributed by atoms with Gasteiger partial charge in [0, 0.05) is 11.1 Å². The van der Waals surface area contributed by atoms with Crippen molar-refractivity contribution in [2.75, 3.05) is 11.9 Å². The molecule has 0 fully saturated rings. The van der Waals surface area contributed by atoms with Gasteiger partial charge in [-0.25, -0.2) is 9.78 Å². The van der Waals surface area contributed by atoms with Gasteiger partial charge < -0.3 is 4.74 Å². The monoisotopic (exact) mass is 380 g/mol. The summed E-state index contributed by atoms with van der Waals surface area (Å²) in [6.07, 6.45) is 0. The van der Waals surface area contributed by atoms with Crippen molar-refractivity contribution in [2.45, 2.75) is 20.8 Å². The molecular weight excluding hydrogens is 360 g/mol. The highest BCUT2D eigenvalue weighted by molar-refractivity contribution is 7.18. The Morgan fingerprint density at radius 2 is 1.85 bits per heavy atom. The van der Waals surface area contributed by atoms with Gasteiger partial charge in [0.2, 0.25) is 0 Å². The van der Waals surface area contributed by atoms with Crippen LogP contribution in [-0.2, 0) is 4.74 Å². The van der Waals surface area contributed by atoms with Gasteiger partial charge >= 0.3 is 5.97 Å². The van der Waals surface area contributed by atoms with Crippen LogP contribution in [0.1, 0.15) is 38.1 Å². The van der Waals surface area contributed by atoms with E-state index in [0.29, 0.717) is 21.3 Å². The van der Waals surface area contributed by atoms with Crippen molar-refractivity contribution in [1.82, 2.24) is 4.98 Å². The number of carbonyl (C=O) groups excluding carboxylic acids is 2. The minimum atomic E-state index is -0.443. The van der Waals surface area contributed by atoms with Crippen molar-refractivity contribution in [3.8, 4) is 11.3 Å². The molecule has 0 atom stereocenters. The molecule has 138 valence electrons. The number of carbonyl (C=O) groups is 2. The number of amides is 1. The third-order valence-electron chi connectivity index (χ3n) is 3.99. The fraction of sp³-hybridized carbons (Fsp3) is 0.190. The molecule has 0 aliphatic rings. The number of aryl methyl sites for hydroxylation is 2. The minimum absolute atomic E-state index is 0.250. The lowest BCUT2D eigenvalue weighted by molar-refractivity contribution is 0.0532. The van der Waals surface area contributed by atoms with Crippen LogP contribution in [0, 0.1) is 13.8 Å². The molecule has 6 heteroatoms. The van der Waals surface area contributed by atoms with Crippen LogP contribution in [0.5, 0.6) is 0 Å². The molecule has 0 spiro atoms. The number of ether oxygens (including phenoxy) is 1. The number of hydrogen-bond acceptors (Lipinski definition) is 5. The fourth-order valence-corrected chi connectivity index (χ4v) is 3.52. The van der Waals surface area contributed by atoms with Gasteiger partial charge in [0.1, 0.15) is 4.88 Å². The maximum atomic E-state index is 12.7. The lowest BCUT2D eigenvalue weighted by Gasteiger charge is -2.06. The molecule has 1 amide bonds. The number of nitrogens with zero attached hydrogens (tertiary/aromatic N) is 1. The topological polar surface area (TPSA) is 68.3 Å². The second-order valence-corrected chi connectivity index (χ2v) is 7.05. The highest BCUT2D eigenvalue weighted by atomic mass is 32.1. The predicted molar refractivity (Wildman–Crippen MR) is 107 cm³/mol. The normalized spacial score (nSPS) is 10.5. The highest BCUT2D eigenvalue weighted by Gasteiger charge is 2.22. The number of anilines is 1. The first-order valence-electron chi connectivity index (χ1n) is 8.61. The van der Waals surface area contributed by atoms with Crippen molar-refractivity contribution < 1.29 is 14.3 Å². The Balaban J connectivity index is 1.95. The van der Waals surface area contributed by atoms with Gasteiger partial charge in [0.05, 0.1) is 12.3 Å². The summed E-state index contributed by atoms with van der Waals surface area (Å²) >= 11 is 1.12. The highest BCUT2D eigenvalue weighted by Crippen LogP contribution is 2.32. The molecule has 0 saturated heterocycles. The Labute approximate surface area is 162 Å². The lowest BCUT2D eigenvalue weighted by atomic mass is 10.1. The van der Waals surface area contributed by atoms with Crippen LogP contribution < -0.4 is 5.32 Å². The van der Waals surface area contributed by atoms with Crippen LogP contribution in [0.15, 0.2) is 48.5 Å². The molecule has 2 aromatic carbocycles. The number of esters is 1. The van der Waals surface area contributed by atoms with Gasteiger partial charge in [0.25, 0.3) is 5.91 Å². The standard InChI is InChI=1S/C21H20N2O3S/c1-4-26-20(25)18-17(15-8-6-5-7-9-15)22-21(27-18)23-19(24)16-12-13(2)10-11-14(16)3/h5-12H,4H2,1-3H3,(H,22,23,24). The molecule has 0 bridgehead atoms. The van der Waals surface area contributed by atoms with E-state index in [9.17, 15) is 9.59 Å². The number of rotatable bonds is 5. The summed E-state index contributed by atoms with van der Waals surface area (Å²) in [5.74, 6) is -0.693. The van der Waals surface area contributed by atoms with E-state index in [0.717, 1.165) is 28.0 Å². The maximum Gasteiger partial charge on any atom is 0.350 e.